The number of alkyl halides is 3. The van der Waals surface area contributed by atoms with E-state index in [1.807, 2.05) is 12.3 Å². The van der Waals surface area contributed by atoms with E-state index in [1.54, 1.807) is 28.9 Å². The van der Waals surface area contributed by atoms with Crippen LogP contribution in [-0.2, 0) is 18.0 Å². The lowest BCUT2D eigenvalue weighted by molar-refractivity contribution is -0.134. The highest BCUT2D eigenvalue weighted by atomic mass is 32.1. The summed E-state index contributed by atoms with van der Waals surface area (Å²) in [5, 5.41) is 4.48. The molecule has 0 saturated carbocycles. The summed E-state index contributed by atoms with van der Waals surface area (Å²) in [6, 6.07) is 6.17. The van der Waals surface area contributed by atoms with Gasteiger partial charge in [-0.3, -0.25) is 14.5 Å². The molecule has 0 bridgehead atoms. The van der Waals surface area contributed by atoms with E-state index in [4.69, 9.17) is 0 Å². The van der Waals surface area contributed by atoms with E-state index in [0.717, 1.165) is 29.3 Å². The first-order valence-electron chi connectivity index (χ1n) is 9.35. The Balaban J connectivity index is 1.74. The summed E-state index contributed by atoms with van der Waals surface area (Å²) in [5.41, 5.74) is 2.94. The first-order chi connectivity index (χ1) is 14.3. The monoisotopic (exact) mass is 432 g/mol. The highest BCUT2D eigenvalue weighted by Gasteiger charge is 2.33. The van der Waals surface area contributed by atoms with E-state index in [9.17, 15) is 18.0 Å². The smallest absolute Gasteiger partial charge is 0.339 e. The fourth-order valence-corrected chi connectivity index (χ4v) is 4.52. The van der Waals surface area contributed by atoms with Crippen LogP contribution >= 0.6 is 11.3 Å². The number of likely N-dealkylation sites (tertiary alicyclic amines) is 1. The lowest BCUT2D eigenvalue weighted by Gasteiger charge is -2.17. The van der Waals surface area contributed by atoms with Gasteiger partial charge < -0.3 is 4.90 Å². The van der Waals surface area contributed by atoms with E-state index < -0.39 is 11.1 Å². The third-order valence-electron chi connectivity index (χ3n) is 5.18. The summed E-state index contributed by atoms with van der Waals surface area (Å²) in [6.07, 6.45) is 1.22. The zero-order valence-electron chi connectivity index (χ0n) is 16.2. The first kappa shape index (κ1) is 20.3. The summed E-state index contributed by atoms with van der Waals surface area (Å²) >= 11 is 0.670. The molecule has 0 N–H and O–H groups in total. The Morgan fingerprint density at radius 3 is 2.73 bits per heavy atom. The standard InChI is InChI=1S/C21H19F3N4OS/c1-3-20(29)28-9-6-13(12-28)15-11-25-17(10-14(15)16-7-8-27(2)26-16)18-4-5-19(30-18)21(22,23)24/h3-5,7-8,10-11,13H,1,6,9,12H2,2H3. The first-order valence-corrected chi connectivity index (χ1v) is 10.2. The van der Waals surface area contributed by atoms with E-state index in [2.05, 4.69) is 16.7 Å². The van der Waals surface area contributed by atoms with Gasteiger partial charge in [0.05, 0.1) is 16.3 Å². The predicted molar refractivity (Wildman–Crippen MR) is 109 cm³/mol. The number of carbonyl (C=O) groups excluding carboxylic acids is 1. The average molecular weight is 432 g/mol. The van der Waals surface area contributed by atoms with E-state index >= 15 is 0 Å². The Kier molecular flexibility index (Phi) is 5.23. The van der Waals surface area contributed by atoms with E-state index in [0.29, 0.717) is 35.0 Å². The van der Waals surface area contributed by atoms with E-state index in [-0.39, 0.29) is 11.8 Å². The maximum atomic E-state index is 13.0. The lowest BCUT2D eigenvalue weighted by Crippen LogP contribution is -2.26. The number of carbonyl (C=O) groups is 1. The molecule has 156 valence electrons. The van der Waals surface area contributed by atoms with Gasteiger partial charge in [-0.1, -0.05) is 6.58 Å². The molecule has 1 unspecified atom stereocenters. The molecule has 1 amide bonds. The Bertz CT molecular complexity index is 1100. The highest BCUT2D eigenvalue weighted by molar-refractivity contribution is 7.15. The molecule has 0 spiro atoms. The zero-order valence-corrected chi connectivity index (χ0v) is 17.0. The second-order valence-electron chi connectivity index (χ2n) is 7.17. The Morgan fingerprint density at radius 2 is 2.10 bits per heavy atom. The van der Waals surface area contributed by atoms with Gasteiger partial charge in [-0.15, -0.1) is 11.3 Å². The summed E-state index contributed by atoms with van der Waals surface area (Å²) < 4.78 is 40.7. The second kappa shape index (κ2) is 7.71. The number of thiophene rings is 1. The lowest BCUT2D eigenvalue weighted by atomic mass is 9.93. The van der Waals surface area contributed by atoms with Gasteiger partial charge in [0, 0.05) is 44.0 Å². The molecule has 3 aromatic heterocycles. The van der Waals surface area contributed by atoms with Crippen molar-refractivity contribution in [1.82, 2.24) is 19.7 Å². The minimum atomic E-state index is -4.38. The van der Waals surface area contributed by atoms with Crippen LogP contribution in [0.3, 0.4) is 0 Å². The maximum absolute atomic E-state index is 13.0. The van der Waals surface area contributed by atoms with Crippen LogP contribution in [0.5, 0.6) is 0 Å². The molecule has 0 radical (unpaired) electrons. The third-order valence-corrected chi connectivity index (χ3v) is 6.33. The van der Waals surface area contributed by atoms with Crippen LogP contribution in [0, 0.1) is 0 Å². The minimum absolute atomic E-state index is 0.0709. The third kappa shape index (κ3) is 3.89. The van der Waals surface area contributed by atoms with Crippen LogP contribution in [0.15, 0.2) is 49.3 Å². The number of aryl methyl sites for hydroxylation is 1. The number of amides is 1. The molecule has 4 heterocycles. The van der Waals surface area contributed by atoms with Crippen LogP contribution in [0.1, 0.15) is 22.8 Å². The molecular formula is C21H19F3N4OS. The molecule has 0 aromatic carbocycles. The van der Waals surface area contributed by atoms with Gasteiger partial charge in [-0.25, -0.2) is 0 Å². The van der Waals surface area contributed by atoms with Crippen molar-refractivity contribution in [3.8, 4) is 21.8 Å². The Morgan fingerprint density at radius 1 is 1.30 bits per heavy atom. The quantitative estimate of drug-likeness (QED) is 0.560. The minimum Gasteiger partial charge on any atom is -0.339 e. The normalized spacial score (nSPS) is 16.8. The number of nitrogens with zero attached hydrogens (tertiary/aromatic N) is 4. The van der Waals surface area contributed by atoms with Gasteiger partial charge in [0.25, 0.3) is 0 Å². The number of pyridine rings is 1. The molecular weight excluding hydrogens is 413 g/mol. The van der Waals surface area contributed by atoms with Crippen molar-refractivity contribution in [2.75, 3.05) is 13.1 Å². The van der Waals surface area contributed by atoms with Gasteiger partial charge in [-0.05, 0) is 42.3 Å². The molecule has 1 aliphatic heterocycles. The molecule has 9 heteroatoms. The maximum Gasteiger partial charge on any atom is 0.425 e. The van der Waals surface area contributed by atoms with Crippen LogP contribution < -0.4 is 0 Å². The van der Waals surface area contributed by atoms with Crippen LogP contribution in [0.25, 0.3) is 21.8 Å². The van der Waals surface area contributed by atoms with Gasteiger partial charge in [0.1, 0.15) is 4.88 Å². The van der Waals surface area contributed by atoms with E-state index in [1.165, 1.54) is 12.1 Å². The Labute approximate surface area is 175 Å². The topological polar surface area (TPSA) is 51.0 Å². The van der Waals surface area contributed by atoms with Crippen LogP contribution in [0.2, 0.25) is 0 Å². The number of rotatable bonds is 4. The Hall–Kier alpha value is -2.94. The van der Waals surface area contributed by atoms with Crippen molar-refractivity contribution in [3.63, 3.8) is 0 Å². The van der Waals surface area contributed by atoms with Crippen molar-refractivity contribution in [3.05, 3.63) is 59.8 Å². The van der Waals surface area contributed by atoms with Crippen molar-refractivity contribution < 1.29 is 18.0 Å². The second-order valence-corrected chi connectivity index (χ2v) is 8.25. The largest absolute Gasteiger partial charge is 0.425 e. The number of hydrogen-bond donors (Lipinski definition) is 0. The number of aromatic nitrogens is 3. The molecule has 3 aromatic rings. The average Bonchev–Trinajstić information content (AvgIpc) is 3.46. The van der Waals surface area contributed by atoms with Gasteiger partial charge >= 0.3 is 6.18 Å². The van der Waals surface area contributed by atoms with Gasteiger partial charge in [-0.2, -0.15) is 18.3 Å². The molecule has 4 rings (SSSR count). The molecule has 0 aliphatic carbocycles. The molecule has 1 fully saturated rings. The fourth-order valence-electron chi connectivity index (χ4n) is 3.68. The molecule has 1 atom stereocenters. The molecule has 1 saturated heterocycles. The summed E-state index contributed by atoms with van der Waals surface area (Å²) in [7, 11) is 1.81. The van der Waals surface area contributed by atoms with Gasteiger partial charge in [0.2, 0.25) is 5.91 Å². The molecule has 1 aliphatic rings. The zero-order chi connectivity index (χ0) is 21.5. The number of halogens is 3. The predicted octanol–water partition coefficient (Wildman–Crippen LogP) is 4.73. The van der Waals surface area contributed by atoms with Crippen molar-refractivity contribution in [2.45, 2.75) is 18.5 Å². The highest BCUT2D eigenvalue weighted by Crippen LogP contribution is 2.40. The fraction of sp³-hybridized carbons (Fsp3) is 0.286. The van der Waals surface area contributed by atoms with Crippen molar-refractivity contribution in [1.29, 1.82) is 0 Å². The van der Waals surface area contributed by atoms with Crippen molar-refractivity contribution >= 4 is 17.2 Å². The van der Waals surface area contributed by atoms with Gasteiger partial charge in [0.15, 0.2) is 0 Å². The van der Waals surface area contributed by atoms with Crippen LogP contribution in [-0.4, -0.2) is 38.7 Å². The summed E-state index contributed by atoms with van der Waals surface area (Å²) in [5.74, 6) is -0.0405. The molecule has 30 heavy (non-hydrogen) atoms. The summed E-state index contributed by atoms with van der Waals surface area (Å²) in [6.45, 7) is 4.71. The molecule has 5 nitrogen and oxygen atoms in total. The number of hydrogen-bond acceptors (Lipinski definition) is 4. The summed E-state index contributed by atoms with van der Waals surface area (Å²) in [4.78, 5) is 17.9. The van der Waals surface area contributed by atoms with Crippen molar-refractivity contribution in [2.24, 2.45) is 7.05 Å². The SMILES string of the molecule is C=CC(=O)N1CCC(c2cnc(-c3ccc(C(F)(F)F)s3)cc2-c2ccn(C)n2)C1. The van der Waals surface area contributed by atoms with Crippen LogP contribution in [0.4, 0.5) is 13.2 Å².